The number of aryl methyl sites for hydroxylation is 1. The van der Waals surface area contributed by atoms with Gasteiger partial charge < -0.3 is 25.4 Å². The lowest BCUT2D eigenvalue weighted by Gasteiger charge is -2.13. The van der Waals surface area contributed by atoms with Crippen LogP contribution in [0.25, 0.3) is 10.9 Å². The summed E-state index contributed by atoms with van der Waals surface area (Å²) in [7, 11) is 3.13. The van der Waals surface area contributed by atoms with E-state index in [-0.39, 0.29) is 5.69 Å². The summed E-state index contributed by atoms with van der Waals surface area (Å²) in [5, 5.41) is 20.5. The Hall–Kier alpha value is -4.93. The molecule has 0 aliphatic carbocycles. The number of nitro groups is 1. The first-order chi connectivity index (χ1) is 17.4. The lowest BCUT2D eigenvalue weighted by molar-refractivity contribution is -0.384. The zero-order valence-corrected chi connectivity index (χ0v) is 19.9. The molecule has 0 bridgehead atoms. The zero-order valence-electron chi connectivity index (χ0n) is 19.9. The molecule has 184 valence electrons. The molecule has 0 saturated carbocycles. The van der Waals surface area contributed by atoms with Gasteiger partial charge in [-0.3, -0.25) is 10.1 Å². The monoisotopic (exact) mass is 488 g/mol. The van der Waals surface area contributed by atoms with Crippen LogP contribution in [-0.2, 0) is 6.54 Å². The predicted octanol–water partition coefficient (Wildman–Crippen LogP) is 5.12. The van der Waals surface area contributed by atoms with E-state index in [4.69, 9.17) is 9.47 Å². The third-order valence-electron chi connectivity index (χ3n) is 5.47. The van der Waals surface area contributed by atoms with Crippen LogP contribution in [0.15, 0.2) is 60.9 Å². The van der Waals surface area contributed by atoms with Crippen LogP contribution in [0.1, 0.15) is 11.1 Å². The molecular weight excluding hydrogens is 464 g/mol. The van der Waals surface area contributed by atoms with Crippen LogP contribution in [-0.4, -0.2) is 35.1 Å². The van der Waals surface area contributed by atoms with Crippen LogP contribution in [0.5, 0.6) is 11.5 Å². The number of fused-ring (bicyclic) bond motifs is 1. The Kier molecular flexibility index (Phi) is 7.10. The number of carbonyl (C=O) groups excluding carboxylic acids is 1. The van der Waals surface area contributed by atoms with Crippen molar-refractivity contribution in [3.05, 3.63) is 82.2 Å². The van der Waals surface area contributed by atoms with Crippen molar-refractivity contribution in [1.29, 1.82) is 0 Å². The van der Waals surface area contributed by atoms with Gasteiger partial charge in [-0.1, -0.05) is 18.2 Å². The van der Waals surface area contributed by atoms with Crippen molar-refractivity contribution in [1.82, 2.24) is 9.97 Å². The van der Waals surface area contributed by atoms with Gasteiger partial charge in [-0.25, -0.2) is 14.8 Å². The maximum absolute atomic E-state index is 12.5. The van der Waals surface area contributed by atoms with Crippen LogP contribution >= 0.6 is 0 Å². The molecule has 0 aliphatic rings. The van der Waals surface area contributed by atoms with Gasteiger partial charge in [-0.15, -0.1) is 0 Å². The van der Waals surface area contributed by atoms with Gasteiger partial charge in [0.15, 0.2) is 11.5 Å². The van der Waals surface area contributed by atoms with Gasteiger partial charge in [0.2, 0.25) is 0 Å². The number of methoxy groups -OCH3 is 2. The molecule has 1 aromatic heterocycles. The van der Waals surface area contributed by atoms with Crippen LogP contribution in [0, 0.1) is 17.0 Å². The fraction of sp³-hybridized carbons (Fsp3) is 0.160. The lowest BCUT2D eigenvalue weighted by atomic mass is 10.1. The Bertz CT molecular complexity index is 1440. The average molecular weight is 489 g/mol. The summed E-state index contributed by atoms with van der Waals surface area (Å²) < 4.78 is 10.7. The third kappa shape index (κ3) is 5.41. The summed E-state index contributed by atoms with van der Waals surface area (Å²) in [6.45, 7) is 2.19. The molecular formula is C25H24N6O5. The van der Waals surface area contributed by atoms with Gasteiger partial charge >= 0.3 is 6.03 Å². The number of ether oxygens (including phenoxy) is 2. The second-order valence-electron chi connectivity index (χ2n) is 7.84. The van der Waals surface area contributed by atoms with E-state index in [2.05, 4.69) is 25.9 Å². The normalized spacial score (nSPS) is 10.5. The van der Waals surface area contributed by atoms with Crippen molar-refractivity contribution >= 4 is 39.8 Å². The molecule has 36 heavy (non-hydrogen) atoms. The largest absolute Gasteiger partial charge is 0.493 e. The minimum absolute atomic E-state index is 0.0997. The van der Waals surface area contributed by atoms with Gasteiger partial charge in [0.25, 0.3) is 5.69 Å². The summed E-state index contributed by atoms with van der Waals surface area (Å²) in [5.74, 6) is 1.77. The van der Waals surface area contributed by atoms with Crippen LogP contribution in [0.3, 0.4) is 0 Å². The van der Waals surface area contributed by atoms with Gasteiger partial charge in [0, 0.05) is 35.8 Å². The van der Waals surface area contributed by atoms with Crippen molar-refractivity contribution < 1.29 is 19.2 Å². The Morgan fingerprint density at radius 2 is 1.78 bits per heavy atom. The Labute approximate surface area is 206 Å². The van der Waals surface area contributed by atoms with Crippen molar-refractivity contribution in [3.8, 4) is 11.5 Å². The number of anilines is 3. The van der Waals surface area contributed by atoms with Crippen molar-refractivity contribution in [3.63, 3.8) is 0 Å². The molecule has 3 aromatic carbocycles. The van der Waals surface area contributed by atoms with E-state index in [1.807, 2.05) is 24.3 Å². The molecule has 4 rings (SSSR count). The maximum Gasteiger partial charge on any atom is 0.323 e. The van der Waals surface area contributed by atoms with Crippen molar-refractivity contribution in [2.75, 3.05) is 30.2 Å². The van der Waals surface area contributed by atoms with E-state index in [1.54, 1.807) is 39.3 Å². The minimum atomic E-state index is -0.508. The van der Waals surface area contributed by atoms with Gasteiger partial charge in [0.05, 0.1) is 30.3 Å². The highest BCUT2D eigenvalue weighted by molar-refractivity contribution is 6.00. The van der Waals surface area contributed by atoms with Gasteiger partial charge in [0.1, 0.15) is 12.1 Å². The van der Waals surface area contributed by atoms with E-state index in [9.17, 15) is 14.9 Å². The summed E-state index contributed by atoms with van der Waals surface area (Å²) >= 11 is 0. The SMILES string of the molecule is COc1cc2ncnc(NCc3cccc(NC(=O)Nc4cc([N+](=O)[O-])ccc4C)c3)c2cc1OC. The smallest absolute Gasteiger partial charge is 0.323 e. The number of nitrogens with zero attached hydrogens (tertiary/aromatic N) is 3. The molecule has 3 N–H and O–H groups in total. The fourth-order valence-corrected chi connectivity index (χ4v) is 3.61. The number of urea groups is 1. The highest BCUT2D eigenvalue weighted by atomic mass is 16.6. The van der Waals surface area contributed by atoms with Crippen molar-refractivity contribution in [2.45, 2.75) is 13.5 Å². The van der Waals surface area contributed by atoms with Gasteiger partial charge in [-0.05, 0) is 36.2 Å². The molecule has 4 aromatic rings. The van der Waals surface area contributed by atoms with E-state index < -0.39 is 11.0 Å². The van der Waals surface area contributed by atoms with Crippen LogP contribution in [0.2, 0.25) is 0 Å². The summed E-state index contributed by atoms with van der Waals surface area (Å²) in [6.07, 6.45) is 1.47. The molecule has 0 unspecified atom stereocenters. The Morgan fingerprint density at radius 1 is 1.00 bits per heavy atom. The Balaban J connectivity index is 1.46. The number of benzene rings is 3. The first kappa shape index (κ1) is 24.2. The number of nitro benzene ring substituents is 1. The molecule has 0 saturated heterocycles. The summed E-state index contributed by atoms with van der Waals surface area (Å²) in [4.78, 5) is 31.7. The minimum Gasteiger partial charge on any atom is -0.493 e. The first-order valence-electron chi connectivity index (χ1n) is 10.9. The topological polar surface area (TPSA) is 141 Å². The third-order valence-corrected chi connectivity index (χ3v) is 5.47. The highest BCUT2D eigenvalue weighted by Gasteiger charge is 2.13. The van der Waals surface area contributed by atoms with Crippen molar-refractivity contribution in [2.24, 2.45) is 0 Å². The molecule has 0 spiro atoms. The average Bonchev–Trinajstić information content (AvgIpc) is 2.87. The van der Waals surface area contributed by atoms with Gasteiger partial charge in [-0.2, -0.15) is 0 Å². The number of hydrogen-bond donors (Lipinski definition) is 3. The zero-order chi connectivity index (χ0) is 25.7. The summed E-state index contributed by atoms with van der Waals surface area (Å²) in [6, 6.07) is 14.7. The maximum atomic E-state index is 12.5. The summed E-state index contributed by atoms with van der Waals surface area (Å²) in [5.41, 5.74) is 3.13. The van der Waals surface area contributed by atoms with E-state index in [1.165, 1.54) is 18.5 Å². The van der Waals surface area contributed by atoms with E-state index in [0.717, 1.165) is 10.9 Å². The van der Waals surface area contributed by atoms with Crippen LogP contribution < -0.4 is 25.4 Å². The molecule has 11 heteroatoms. The molecule has 2 amide bonds. The first-order valence-corrected chi connectivity index (χ1v) is 10.9. The number of carbonyl (C=O) groups is 1. The molecule has 0 aliphatic heterocycles. The number of non-ortho nitro benzene ring substituents is 1. The Morgan fingerprint density at radius 3 is 2.53 bits per heavy atom. The number of hydrogen-bond acceptors (Lipinski definition) is 8. The second-order valence-corrected chi connectivity index (χ2v) is 7.84. The number of nitrogens with one attached hydrogen (secondary N) is 3. The molecule has 11 nitrogen and oxygen atoms in total. The lowest BCUT2D eigenvalue weighted by Crippen LogP contribution is -2.20. The number of aromatic nitrogens is 2. The fourth-order valence-electron chi connectivity index (χ4n) is 3.61. The molecule has 1 heterocycles. The predicted molar refractivity (Wildman–Crippen MR) is 137 cm³/mol. The van der Waals surface area contributed by atoms with E-state index >= 15 is 0 Å². The second kappa shape index (κ2) is 10.6. The quantitative estimate of drug-likeness (QED) is 0.229. The molecule has 0 radical (unpaired) electrons. The number of amides is 2. The molecule has 0 fully saturated rings. The number of rotatable bonds is 8. The molecule has 0 atom stereocenters. The highest BCUT2D eigenvalue weighted by Crippen LogP contribution is 2.33. The standard InChI is InChI=1S/C25H24N6O5/c1-15-7-8-18(31(33)34)10-20(15)30-25(32)29-17-6-4-5-16(9-17)13-26-24-19-11-22(35-2)23(36-3)12-21(19)27-14-28-24/h4-12,14H,13H2,1-3H3,(H,26,27,28)(H2,29,30,32). The van der Waals surface area contributed by atoms with E-state index in [0.29, 0.717) is 46.3 Å². The van der Waals surface area contributed by atoms with Crippen LogP contribution in [0.4, 0.5) is 27.7 Å².